The summed E-state index contributed by atoms with van der Waals surface area (Å²) < 4.78 is 19.2. The second-order valence-electron chi connectivity index (χ2n) is 7.79. The minimum Gasteiger partial charge on any atom is -0.394 e. The molecule has 1 fully saturated rings. The van der Waals surface area contributed by atoms with Crippen molar-refractivity contribution in [3.63, 3.8) is 0 Å². The van der Waals surface area contributed by atoms with Gasteiger partial charge in [0.2, 0.25) is 0 Å². The zero-order valence-corrected chi connectivity index (χ0v) is 15.7. The number of hydrogen-bond donors (Lipinski definition) is 2. The fourth-order valence-electron chi connectivity index (χ4n) is 4.15. The van der Waals surface area contributed by atoms with Crippen LogP contribution < -0.4 is 5.73 Å². The van der Waals surface area contributed by atoms with Crippen LogP contribution in [0.1, 0.15) is 35.6 Å². The molecule has 0 saturated carbocycles. The molecule has 2 heterocycles. The highest BCUT2D eigenvalue weighted by atomic mass is 19.1. The molecule has 5 nitrogen and oxygen atoms in total. The molecule has 4 rings (SSSR count). The number of halogens is 1. The SMILES string of the molecule is N[C@]1(CO)CC[C@H](C(=O)N2CCc3ccccc3[C@@H]2c2ccc(F)cc2)OC1. The molecule has 2 aromatic rings. The van der Waals surface area contributed by atoms with Crippen molar-refractivity contribution in [2.45, 2.75) is 36.9 Å². The minimum absolute atomic E-state index is 0.0798. The number of benzene rings is 2. The fourth-order valence-corrected chi connectivity index (χ4v) is 4.15. The van der Waals surface area contributed by atoms with Gasteiger partial charge in [-0.3, -0.25) is 4.79 Å². The third-order valence-corrected chi connectivity index (χ3v) is 5.82. The number of rotatable bonds is 3. The van der Waals surface area contributed by atoms with Gasteiger partial charge in [-0.15, -0.1) is 0 Å². The summed E-state index contributed by atoms with van der Waals surface area (Å²) in [7, 11) is 0. The van der Waals surface area contributed by atoms with Gasteiger partial charge in [-0.05, 0) is 48.1 Å². The third-order valence-electron chi connectivity index (χ3n) is 5.82. The van der Waals surface area contributed by atoms with E-state index in [-0.39, 0.29) is 31.0 Å². The Morgan fingerprint density at radius 2 is 2.00 bits per heavy atom. The lowest BCUT2D eigenvalue weighted by molar-refractivity contribution is -0.152. The summed E-state index contributed by atoms with van der Waals surface area (Å²) in [5, 5.41) is 9.42. The van der Waals surface area contributed by atoms with Gasteiger partial charge in [0.25, 0.3) is 5.91 Å². The van der Waals surface area contributed by atoms with Crippen molar-refractivity contribution < 1.29 is 19.0 Å². The van der Waals surface area contributed by atoms with Crippen LogP contribution in [0.5, 0.6) is 0 Å². The molecule has 2 aliphatic rings. The Hall–Kier alpha value is -2.28. The number of aliphatic hydroxyl groups is 1. The predicted octanol–water partition coefficient (Wildman–Crippen LogP) is 2.17. The lowest BCUT2D eigenvalue weighted by Crippen LogP contribution is -2.56. The largest absolute Gasteiger partial charge is 0.394 e. The van der Waals surface area contributed by atoms with E-state index >= 15 is 0 Å². The normalized spacial score (nSPS) is 27.3. The number of carbonyl (C=O) groups is 1. The highest BCUT2D eigenvalue weighted by Gasteiger charge is 2.40. The number of fused-ring (bicyclic) bond motifs is 1. The molecule has 3 N–H and O–H groups in total. The predicted molar refractivity (Wildman–Crippen MR) is 103 cm³/mol. The van der Waals surface area contributed by atoms with Gasteiger partial charge in [-0.1, -0.05) is 36.4 Å². The molecule has 3 atom stereocenters. The van der Waals surface area contributed by atoms with E-state index in [1.807, 2.05) is 23.1 Å². The Morgan fingerprint density at radius 3 is 2.68 bits per heavy atom. The molecule has 1 amide bonds. The van der Waals surface area contributed by atoms with Crippen LogP contribution >= 0.6 is 0 Å². The molecule has 2 aliphatic heterocycles. The number of carbonyl (C=O) groups excluding carboxylic acids is 1. The van der Waals surface area contributed by atoms with E-state index in [0.29, 0.717) is 19.4 Å². The quantitative estimate of drug-likeness (QED) is 0.851. The van der Waals surface area contributed by atoms with Gasteiger partial charge < -0.3 is 20.5 Å². The summed E-state index contributed by atoms with van der Waals surface area (Å²) >= 11 is 0. The van der Waals surface area contributed by atoms with Crippen LogP contribution in [0.2, 0.25) is 0 Å². The molecule has 0 bridgehead atoms. The molecule has 0 spiro atoms. The van der Waals surface area contributed by atoms with E-state index in [9.17, 15) is 14.3 Å². The van der Waals surface area contributed by atoms with Gasteiger partial charge >= 0.3 is 0 Å². The third kappa shape index (κ3) is 3.55. The van der Waals surface area contributed by atoms with Gasteiger partial charge in [0, 0.05) is 6.54 Å². The zero-order valence-electron chi connectivity index (χ0n) is 15.7. The molecule has 6 heteroatoms. The monoisotopic (exact) mass is 384 g/mol. The van der Waals surface area contributed by atoms with Crippen molar-refractivity contribution in [1.82, 2.24) is 4.90 Å². The Morgan fingerprint density at radius 1 is 1.25 bits per heavy atom. The molecule has 0 unspecified atom stereocenters. The van der Waals surface area contributed by atoms with Crippen LogP contribution in [0.3, 0.4) is 0 Å². The smallest absolute Gasteiger partial charge is 0.252 e. The number of nitrogens with two attached hydrogens (primary N) is 1. The van der Waals surface area contributed by atoms with Crippen LogP contribution in [0, 0.1) is 5.82 Å². The lowest BCUT2D eigenvalue weighted by atomic mass is 9.86. The zero-order chi connectivity index (χ0) is 19.7. The summed E-state index contributed by atoms with van der Waals surface area (Å²) in [5.41, 5.74) is 8.42. The summed E-state index contributed by atoms with van der Waals surface area (Å²) in [6, 6.07) is 14.1. The van der Waals surface area contributed by atoms with Gasteiger partial charge in [0.15, 0.2) is 0 Å². The first-order valence-corrected chi connectivity index (χ1v) is 9.66. The second-order valence-corrected chi connectivity index (χ2v) is 7.79. The first-order valence-electron chi connectivity index (χ1n) is 9.66. The highest BCUT2D eigenvalue weighted by molar-refractivity contribution is 5.82. The molecule has 148 valence electrons. The van der Waals surface area contributed by atoms with E-state index < -0.39 is 11.6 Å². The summed E-state index contributed by atoms with van der Waals surface area (Å²) in [4.78, 5) is 15.2. The van der Waals surface area contributed by atoms with E-state index in [0.717, 1.165) is 17.5 Å². The molecule has 28 heavy (non-hydrogen) atoms. The molecule has 0 radical (unpaired) electrons. The van der Waals surface area contributed by atoms with Crippen LogP contribution in [0.15, 0.2) is 48.5 Å². The van der Waals surface area contributed by atoms with Gasteiger partial charge in [0.1, 0.15) is 11.9 Å². The Labute approximate surface area is 163 Å². The minimum atomic E-state index is -0.776. The standard InChI is InChI=1S/C22H25FN2O3/c23-17-7-5-16(6-8-17)20-18-4-2-1-3-15(18)10-12-25(20)21(27)19-9-11-22(24,13-26)14-28-19/h1-8,19-20,26H,9-14,24H2/t19-,20+,22+/m1/s1. The van der Waals surface area contributed by atoms with Crippen LogP contribution in [-0.2, 0) is 16.0 Å². The highest BCUT2D eigenvalue weighted by Crippen LogP contribution is 2.36. The van der Waals surface area contributed by atoms with E-state index in [1.54, 1.807) is 12.1 Å². The maximum absolute atomic E-state index is 13.5. The molecule has 0 aromatic heterocycles. The van der Waals surface area contributed by atoms with Crippen molar-refractivity contribution in [2.75, 3.05) is 19.8 Å². The molecule has 1 saturated heterocycles. The number of ether oxygens (including phenoxy) is 1. The van der Waals surface area contributed by atoms with Crippen LogP contribution in [0.25, 0.3) is 0 Å². The molecule has 2 aromatic carbocycles. The number of nitrogens with zero attached hydrogens (tertiary/aromatic N) is 1. The summed E-state index contributed by atoms with van der Waals surface area (Å²) in [5.74, 6) is -0.381. The Kier molecular flexibility index (Phi) is 5.19. The molecule has 0 aliphatic carbocycles. The van der Waals surface area contributed by atoms with Crippen molar-refractivity contribution in [1.29, 1.82) is 0 Å². The van der Waals surface area contributed by atoms with Crippen molar-refractivity contribution >= 4 is 5.91 Å². The lowest BCUT2D eigenvalue weighted by Gasteiger charge is -2.42. The summed E-state index contributed by atoms with van der Waals surface area (Å²) in [6.45, 7) is 0.570. The second kappa shape index (κ2) is 7.62. The van der Waals surface area contributed by atoms with Crippen LogP contribution in [-0.4, -0.2) is 47.3 Å². The molecular weight excluding hydrogens is 359 g/mol. The van der Waals surface area contributed by atoms with Gasteiger partial charge in [0.05, 0.1) is 24.8 Å². The molecular formula is C22H25FN2O3. The topological polar surface area (TPSA) is 75.8 Å². The van der Waals surface area contributed by atoms with Crippen molar-refractivity contribution in [3.05, 3.63) is 71.0 Å². The van der Waals surface area contributed by atoms with Crippen LogP contribution in [0.4, 0.5) is 4.39 Å². The maximum Gasteiger partial charge on any atom is 0.252 e. The van der Waals surface area contributed by atoms with Gasteiger partial charge in [-0.25, -0.2) is 4.39 Å². The maximum atomic E-state index is 13.5. The Bertz CT molecular complexity index is 847. The summed E-state index contributed by atoms with van der Waals surface area (Å²) in [6.07, 6.45) is 1.20. The van der Waals surface area contributed by atoms with E-state index in [2.05, 4.69) is 6.07 Å². The first kappa shape index (κ1) is 19.1. The average Bonchev–Trinajstić information content (AvgIpc) is 2.74. The Balaban J connectivity index is 1.64. The van der Waals surface area contributed by atoms with Crippen molar-refractivity contribution in [3.8, 4) is 0 Å². The van der Waals surface area contributed by atoms with E-state index in [4.69, 9.17) is 10.5 Å². The number of aliphatic hydroxyl groups excluding tert-OH is 1. The first-order chi connectivity index (χ1) is 13.5. The number of hydrogen-bond acceptors (Lipinski definition) is 4. The number of amides is 1. The average molecular weight is 384 g/mol. The van der Waals surface area contributed by atoms with Crippen molar-refractivity contribution in [2.24, 2.45) is 5.73 Å². The van der Waals surface area contributed by atoms with Gasteiger partial charge in [-0.2, -0.15) is 0 Å². The van der Waals surface area contributed by atoms with E-state index in [1.165, 1.54) is 17.7 Å². The fraction of sp³-hybridized carbons (Fsp3) is 0.409.